The van der Waals surface area contributed by atoms with Crippen molar-refractivity contribution in [1.29, 1.82) is 0 Å². The first kappa shape index (κ1) is 24.8. The molecule has 3 heterocycles. The predicted octanol–water partition coefficient (Wildman–Crippen LogP) is 4.19. The first-order valence-corrected chi connectivity index (χ1v) is 12.5. The Bertz CT molecular complexity index is 1420. The molecular formula is C26H28ClN7O3. The van der Waals surface area contributed by atoms with E-state index in [-0.39, 0.29) is 18.2 Å². The van der Waals surface area contributed by atoms with Gasteiger partial charge in [0.25, 0.3) is 0 Å². The van der Waals surface area contributed by atoms with E-state index < -0.39 is 0 Å². The third-order valence-corrected chi connectivity index (χ3v) is 6.37. The van der Waals surface area contributed by atoms with Gasteiger partial charge in [0.05, 0.1) is 48.4 Å². The first-order valence-electron chi connectivity index (χ1n) is 12.0. The number of aryl methyl sites for hydroxylation is 1. The lowest BCUT2D eigenvalue weighted by Crippen LogP contribution is -2.36. The summed E-state index contributed by atoms with van der Waals surface area (Å²) < 4.78 is 13.2. The van der Waals surface area contributed by atoms with Gasteiger partial charge in [-0.3, -0.25) is 4.79 Å². The van der Waals surface area contributed by atoms with E-state index in [1.807, 2.05) is 54.1 Å². The number of para-hydroxylation sites is 2. The molecule has 2 aromatic carbocycles. The second-order valence-corrected chi connectivity index (χ2v) is 8.91. The maximum Gasteiger partial charge on any atom is 0.227 e. The highest BCUT2D eigenvalue weighted by Gasteiger charge is 2.20. The number of fused-ring (bicyclic) bond motifs is 1. The summed E-state index contributed by atoms with van der Waals surface area (Å²) in [5.41, 5.74) is 4.70. The average molecular weight is 522 g/mol. The highest BCUT2D eigenvalue weighted by Crippen LogP contribution is 2.38. The number of alkyl halides is 1. The van der Waals surface area contributed by atoms with Crippen molar-refractivity contribution in [1.82, 2.24) is 19.5 Å². The zero-order chi connectivity index (χ0) is 25.8. The molecule has 1 aliphatic heterocycles. The van der Waals surface area contributed by atoms with Crippen molar-refractivity contribution in [2.24, 2.45) is 7.05 Å². The number of aromatic nitrogens is 4. The summed E-state index contributed by atoms with van der Waals surface area (Å²) in [5, 5.41) is 6.25. The highest BCUT2D eigenvalue weighted by atomic mass is 35.5. The van der Waals surface area contributed by atoms with Crippen molar-refractivity contribution in [3.05, 3.63) is 48.7 Å². The average Bonchev–Trinajstić information content (AvgIpc) is 3.26. The summed E-state index contributed by atoms with van der Waals surface area (Å²) in [4.78, 5) is 28.5. The molecule has 1 saturated heterocycles. The molecule has 0 bridgehead atoms. The number of benzene rings is 2. The van der Waals surface area contributed by atoms with E-state index in [2.05, 4.69) is 20.5 Å². The molecule has 0 radical (unpaired) electrons. The van der Waals surface area contributed by atoms with Gasteiger partial charge in [-0.15, -0.1) is 11.6 Å². The Labute approximate surface area is 219 Å². The van der Waals surface area contributed by atoms with Gasteiger partial charge >= 0.3 is 0 Å². The number of anilines is 4. The summed E-state index contributed by atoms with van der Waals surface area (Å²) in [6.07, 6.45) is 1.89. The van der Waals surface area contributed by atoms with Crippen LogP contribution < -0.4 is 20.3 Å². The van der Waals surface area contributed by atoms with Crippen LogP contribution in [-0.4, -0.2) is 64.7 Å². The molecule has 11 heteroatoms. The fourth-order valence-electron chi connectivity index (χ4n) is 4.34. The smallest absolute Gasteiger partial charge is 0.227 e. The second-order valence-electron chi connectivity index (χ2n) is 8.53. The molecule has 0 spiro atoms. The number of methoxy groups -OCH3 is 1. The molecule has 0 saturated carbocycles. The summed E-state index contributed by atoms with van der Waals surface area (Å²) in [7, 11) is 3.56. The Hall–Kier alpha value is -3.89. The number of carbonyl (C=O) groups is 1. The van der Waals surface area contributed by atoms with Crippen LogP contribution in [0.4, 0.5) is 23.0 Å². The van der Waals surface area contributed by atoms with Crippen LogP contribution in [0, 0.1) is 0 Å². The Balaban J connectivity index is 1.50. The van der Waals surface area contributed by atoms with Crippen LogP contribution >= 0.6 is 11.6 Å². The number of hydrogen-bond donors (Lipinski definition) is 2. The molecule has 5 rings (SSSR count). The van der Waals surface area contributed by atoms with E-state index in [9.17, 15) is 4.79 Å². The van der Waals surface area contributed by atoms with E-state index >= 15 is 0 Å². The molecule has 37 heavy (non-hydrogen) atoms. The normalized spacial score (nSPS) is 13.5. The van der Waals surface area contributed by atoms with Gasteiger partial charge in [-0.2, -0.15) is 0 Å². The molecule has 10 nitrogen and oxygen atoms in total. The minimum atomic E-state index is -0.166. The van der Waals surface area contributed by atoms with Crippen molar-refractivity contribution in [2.45, 2.75) is 6.42 Å². The maximum atomic E-state index is 12.5. The monoisotopic (exact) mass is 521 g/mol. The molecule has 1 fully saturated rings. The van der Waals surface area contributed by atoms with Gasteiger partial charge in [-0.05, 0) is 24.3 Å². The summed E-state index contributed by atoms with van der Waals surface area (Å²) >= 11 is 5.80. The number of nitrogens with zero attached hydrogens (tertiary/aromatic N) is 5. The van der Waals surface area contributed by atoms with E-state index in [4.69, 9.17) is 31.0 Å². The number of morpholine rings is 1. The maximum absolute atomic E-state index is 12.5. The summed E-state index contributed by atoms with van der Waals surface area (Å²) in [6, 6.07) is 13.5. The number of nitrogens with one attached hydrogen (secondary N) is 2. The van der Waals surface area contributed by atoms with Gasteiger partial charge in [0.2, 0.25) is 11.9 Å². The lowest BCUT2D eigenvalue weighted by Gasteiger charge is -2.31. The van der Waals surface area contributed by atoms with Crippen molar-refractivity contribution in [3.63, 3.8) is 0 Å². The Morgan fingerprint density at radius 3 is 2.70 bits per heavy atom. The van der Waals surface area contributed by atoms with Crippen LogP contribution in [0.2, 0.25) is 0 Å². The molecular weight excluding hydrogens is 494 g/mol. The van der Waals surface area contributed by atoms with E-state index in [1.165, 1.54) is 0 Å². The van der Waals surface area contributed by atoms with E-state index in [1.54, 1.807) is 13.3 Å². The summed E-state index contributed by atoms with van der Waals surface area (Å²) in [5.74, 6) is 1.77. The zero-order valence-corrected chi connectivity index (χ0v) is 21.5. The zero-order valence-electron chi connectivity index (χ0n) is 20.7. The molecule has 2 N–H and O–H groups in total. The fourth-order valence-corrected chi connectivity index (χ4v) is 4.51. The number of halogens is 1. The third-order valence-electron chi connectivity index (χ3n) is 6.18. The van der Waals surface area contributed by atoms with Crippen molar-refractivity contribution >= 4 is 51.6 Å². The van der Waals surface area contributed by atoms with Gasteiger partial charge in [0.1, 0.15) is 11.4 Å². The third kappa shape index (κ3) is 5.30. The number of carbonyl (C=O) groups excluding carboxylic acids is 1. The second kappa shape index (κ2) is 11.0. The molecule has 0 unspecified atom stereocenters. The van der Waals surface area contributed by atoms with Crippen LogP contribution in [0.25, 0.3) is 22.6 Å². The number of hydrogen-bond acceptors (Lipinski definition) is 8. The standard InChI is InChI=1S/C26H28ClN7O3/c1-33-21-6-4-3-5-17(21)30-25(33)18-8-10-28-26(31-18)32-20-15-19(29-24(35)7-9-27)22(16-23(20)36-2)34-11-13-37-14-12-34/h3-6,8,10,15-16H,7,9,11-14H2,1-2H3,(H,29,35)(H,28,31,32). The number of amides is 1. The van der Waals surface area contributed by atoms with E-state index in [0.29, 0.717) is 55.1 Å². The minimum absolute atomic E-state index is 0.166. The fraction of sp³-hybridized carbons (Fsp3) is 0.308. The predicted molar refractivity (Wildman–Crippen MR) is 145 cm³/mol. The molecule has 1 aliphatic rings. The van der Waals surface area contributed by atoms with Gasteiger partial charge in [0, 0.05) is 44.7 Å². The quantitative estimate of drug-likeness (QED) is 0.332. The molecule has 192 valence electrons. The number of imidazole rings is 1. The van der Waals surface area contributed by atoms with Gasteiger partial charge in [0.15, 0.2) is 5.82 Å². The van der Waals surface area contributed by atoms with Crippen LogP contribution in [0.1, 0.15) is 6.42 Å². The SMILES string of the molecule is COc1cc(N2CCOCC2)c(NC(=O)CCCl)cc1Nc1nccc(-c2nc3ccccc3n2C)n1. The first-order chi connectivity index (χ1) is 18.1. The van der Waals surface area contributed by atoms with Gasteiger partial charge in [-0.1, -0.05) is 12.1 Å². The molecule has 0 atom stereocenters. The summed E-state index contributed by atoms with van der Waals surface area (Å²) in [6.45, 7) is 2.63. The van der Waals surface area contributed by atoms with Crippen molar-refractivity contribution in [2.75, 3.05) is 54.8 Å². The molecule has 1 amide bonds. The van der Waals surface area contributed by atoms with Gasteiger partial charge < -0.3 is 29.6 Å². The van der Waals surface area contributed by atoms with Crippen LogP contribution in [0.5, 0.6) is 5.75 Å². The largest absolute Gasteiger partial charge is 0.494 e. The lowest BCUT2D eigenvalue weighted by atomic mass is 10.1. The Morgan fingerprint density at radius 1 is 1.14 bits per heavy atom. The highest BCUT2D eigenvalue weighted by molar-refractivity contribution is 6.19. The van der Waals surface area contributed by atoms with Gasteiger partial charge in [-0.25, -0.2) is 15.0 Å². The van der Waals surface area contributed by atoms with E-state index in [0.717, 1.165) is 22.5 Å². The molecule has 2 aromatic heterocycles. The molecule has 0 aliphatic carbocycles. The van der Waals surface area contributed by atoms with Crippen LogP contribution in [-0.2, 0) is 16.6 Å². The topological polar surface area (TPSA) is 106 Å². The minimum Gasteiger partial charge on any atom is -0.494 e. The number of ether oxygens (including phenoxy) is 2. The van der Waals surface area contributed by atoms with Crippen LogP contribution in [0.3, 0.4) is 0 Å². The van der Waals surface area contributed by atoms with Crippen molar-refractivity contribution in [3.8, 4) is 17.3 Å². The van der Waals surface area contributed by atoms with Crippen LogP contribution in [0.15, 0.2) is 48.7 Å². The lowest BCUT2D eigenvalue weighted by molar-refractivity contribution is -0.115. The molecule has 4 aromatic rings. The van der Waals surface area contributed by atoms with Crippen molar-refractivity contribution < 1.29 is 14.3 Å². The Morgan fingerprint density at radius 2 is 1.95 bits per heavy atom. The number of rotatable bonds is 8. The Kier molecular flexibility index (Phi) is 7.38.